The number of benzene rings is 2. The molecule has 2 saturated heterocycles. The van der Waals surface area contributed by atoms with Gasteiger partial charge in [-0.15, -0.1) is 0 Å². The smallest absolute Gasteiger partial charge is 0.312 e. The fraction of sp³-hybridized carbons (Fsp3) is 0.585. The largest absolute Gasteiger partial charge is 0.379 e. The van der Waals surface area contributed by atoms with E-state index in [2.05, 4.69) is 27.7 Å². The number of rotatable bonds is 35. The second kappa shape index (κ2) is 33.3. The van der Waals surface area contributed by atoms with Crippen molar-refractivity contribution in [1.29, 1.82) is 0 Å². The molecule has 21 heteroatoms. The van der Waals surface area contributed by atoms with Crippen molar-refractivity contribution in [2.45, 2.75) is 75.4 Å². The van der Waals surface area contributed by atoms with Crippen LogP contribution in [0, 0.1) is 5.82 Å². The quantitative estimate of drug-likeness (QED) is 0.0709. The highest BCUT2D eigenvalue weighted by atomic mass is 32.2. The number of amides is 5. The number of piperazine rings is 1. The van der Waals surface area contributed by atoms with E-state index >= 15 is 4.39 Å². The van der Waals surface area contributed by atoms with Crippen molar-refractivity contribution in [3.63, 3.8) is 0 Å². The lowest BCUT2D eigenvalue weighted by Crippen LogP contribution is -2.48. The minimum atomic E-state index is -1.15. The summed E-state index contributed by atoms with van der Waals surface area (Å²) in [6.45, 7) is 9.43. The second-order valence-electron chi connectivity index (χ2n) is 18.4. The molecule has 4 atom stereocenters. The van der Waals surface area contributed by atoms with Gasteiger partial charge >= 0.3 is 6.03 Å². The number of primary amides is 1. The zero-order valence-corrected chi connectivity index (χ0v) is 44.2. The molecule has 5 amide bonds. The molecule has 3 aromatic rings. The van der Waals surface area contributed by atoms with Crippen LogP contribution in [0.2, 0.25) is 0 Å². The van der Waals surface area contributed by atoms with E-state index in [1.165, 1.54) is 6.07 Å². The highest BCUT2D eigenvalue weighted by molar-refractivity contribution is 8.00. The summed E-state index contributed by atoms with van der Waals surface area (Å²) in [6.07, 6.45) is 9.98. The molecule has 74 heavy (non-hydrogen) atoms. The number of hydrogen-bond donors (Lipinski definition) is 3. The third-order valence-corrected chi connectivity index (χ3v) is 15.4. The van der Waals surface area contributed by atoms with Crippen LogP contribution in [-0.2, 0) is 73.1 Å². The van der Waals surface area contributed by atoms with E-state index in [0.29, 0.717) is 141 Å². The van der Waals surface area contributed by atoms with Gasteiger partial charge in [-0.2, -0.15) is 11.8 Å². The summed E-state index contributed by atoms with van der Waals surface area (Å²) in [4.78, 5) is 55.5. The zero-order chi connectivity index (χ0) is 52.2. The number of ether oxygens (including phenoxy) is 6. The fourth-order valence-corrected chi connectivity index (χ4v) is 11.3. The molecular formula is C53H76FN7O11S2. The van der Waals surface area contributed by atoms with Crippen LogP contribution >= 0.6 is 11.8 Å². The summed E-state index contributed by atoms with van der Waals surface area (Å²) in [5.74, 6) is 0.650. The predicted octanol–water partition coefficient (Wildman–Crippen LogP) is 4.19. The summed E-state index contributed by atoms with van der Waals surface area (Å²) >= 11 is 1.86. The van der Waals surface area contributed by atoms with Crippen LogP contribution in [-0.4, -0.2) is 188 Å². The lowest BCUT2D eigenvalue weighted by atomic mass is 10.1. The molecule has 3 aliphatic heterocycles. The van der Waals surface area contributed by atoms with E-state index in [0.717, 1.165) is 62.2 Å². The van der Waals surface area contributed by atoms with Crippen LogP contribution in [0.15, 0.2) is 78.5 Å². The van der Waals surface area contributed by atoms with Crippen LogP contribution in [0.4, 0.5) is 9.18 Å². The molecule has 0 radical (unpaired) electrons. The molecule has 2 aromatic carbocycles. The van der Waals surface area contributed by atoms with Crippen molar-refractivity contribution >= 4 is 46.3 Å². The Kier molecular flexibility index (Phi) is 26.4. The lowest BCUT2D eigenvalue weighted by molar-refractivity contribution is -0.134. The van der Waals surface area contributed by atoms with E-state index in [1.54, 1.807) is 28.5 Å². The van der Waals surface area contributed by atoms with E-state index in [4.69, 9.17) is 34.2 Å². The number of nitrogens with one attached hydrogen (secondary N) is 2. The van der Waals surface area contributed by atoms with Gasteiger partial charge in [-0.1, -0.05) is 42.8 Å². The number of aromatic nitrogens is 1. The zero-order valence-electron chi connectivity index (χ0n) is 42.6. The number of nitrogens with zero attached hydrogens (tertiary/aromatic N) is 4. The normalized spacial score (nSPS) is 18.7. The van der Waals surface area contributed by atoms with Crippen LogP contribution < -0.4 is 16.4 Å². The molecule has 0 aliphatic carbocycles. The van der Waals surface area contributed by atoms with Crippen LogP contribution in [0.1, 0.15) is 55.2 Å². The summed E-state index contributed by atoms with van der Waals surface area (Å²) in [5, 5.41) is 7.79. The predicted molar refractivity (Wildman–Crippen MR) is 283 cm³/mol. The summed E-state index contributed by atoms with van der Waals surface area (Å²) in [7, 11) is -1.15. The summed E-state index contributed by atoms with van der Waals surface area (Å²) in [5.41, 5.74) is 8.25. The van der Waals surface area contributed by atoms with Gasteiger partial charge in [-0.25, -0.2) is 9.18 Å². The molecular weight excluding hydrogens is 994 g/mol. The van der Waals surface area contributed by atoms with Crippen LogP contribution in [0.5, 0.6) is 0 Å². The summed E-state index contributed by atoms with van der Waals surface area (Å²) in [6, 6.07) is 16.1. The Morgan fingerprint density at radius 2 is 1.39 bits per heavy atom. The highest BCUT2D eigenvalue weighted by Crippen LogP contribution is 2.30. The van der Waals surface area contributed by atoms with Gasteiger partial charge < -0.3 is 59.2 Å². The third-order valence-electron chi connectivity index (χ3n) is 12.8. The Morgan fingerprint density at radius 3 is 2.00 bits per heavy atom. The molecule has 6 rings (SSSR count). The fourth-order valence-electron chi connectivity index (χ4n) is 8.75. The molecule has 0 spiro atoms. The number of thioether (sulfide) groups is 1. The van der Waals surface area contributed by atoms with Crippen LogP contribution in [0.3, 0.4) is 0 Å². The first kappa shape index (κ1) is 58.5. The maximum absolute atomic E-state index is 15.2. The number of nitrogens with two attached hydrogens (primary N) is 1. The lowest BCUT2D eigenvalue weighted by Gasteiger charge is -2.35. The average Bonchev–Trinajstić information content (AvgIpc) is 4.20. The van der Waals surface area contributed by atoms with Gasteiger partial charge in [0.25, 0.3) is 0 Å². The SMILES string of the molecule is NC(=O)NC1CSC(CCCCC(=O)NCCOCCOCCOCCOCCOCCOCCC(=O)N2CCN(Cc3ccc(CN(C(=O)Cc4ccc(-n5cccc5)cc4F)C4C=CS(=O)C4)cc3)CC2)C1. The molecule has 0 bridgehead atoms. The van der Waals surface area contributed by atoms with Crippen molar-refractivity contribution in [3.05, 3.63) is 101 Å². The Hall–Kier alpha value is -4.71. The minimum absolute atomic E-state index is 0.0304. The number of unbranched alkanes of at least 4 members (excludes halogenated alkanes) is 1. The molecule has 408 valence electrons. The van der Waals surface area contributed by atoms with E-state index in [1.807, 2.05) is 57.9 Å². The van der Waals surface area contributed by atoms with Gasteiger partial charge in [-0.05, 0) is 60.2 Å². The summed E-state index contributed by atoms with van der Waals surface area (Å²) < 4.78 is 62.6. The van der Waals surface area contributed by atoms with Crippen molar-refractivity contribution in [3.8, 4) is 5.69 Å². The first-order valence-electron chi connectivity index (χ1n) is 25.8. The maximum atomic E-state index is 15.2. The van der Waals surface area contributed by atoms with Gasteiger partial charge in [0.1, 0.15) is 5.82 Å². The standard InChI is InChI=1S/C53H76FN7O11S2/c54-49-37-46(59-16-3-4-17-59)12-11-44(49)35-52(64)61(47-14-34-74(66)41-47)39-43-9-7-42(8-10-43)38-58-18-20-60(21-19-58)51(63)13-22-67-24-26-69-28-30-71-32-33-72-31-29-70-27-25-68-23-15-56-50(62)6-2-1-5-48-36-45(40-73-48)57-53(55)65/h3-4,7-12,14,16-17,34,37,45,47-48H,1-2,5-6,13,15,18-33,35-36,38-41H2,(H,56,62)(H3,55,57,65). The number of urea groups is 1. The monoisotopic (exact) mass is 1070 g/mol. The number of halogens is 1. The molecule has 3 aliphatic rings. The first-order chi connectivity index (χ1) is 36.1. The van der Waals surface area contributed by atoms with Crippen molar-refractivity contribution < 1.29 is 56.2 Å². The number of carbonyl (C=O) groups is 4. The van der Waals surface area contributed by atoms with Gasteiger partial charge in [0.2, 0.25) is 17.7 Å². The molecule has 0 saturated carbocycles. The van der Waals surface area contributed by atoms with Gasteiger partial charge in [0, 0.05) is 104 Å². The van der Waals surface area contributed by atoms with Gasteiger partial charge in [0.05, 0.1) is 104 Å². The third kappa shape index (κ3) is 21.9. The van der Waals surface area contributed by atoms with Crippen molar-refractivity contribution in [1.82, 2.24) is 29.9 Å². The second-order valence-corrected chi connectivity index (χ2v) is 21.1. The first-order valence-corrected chi connectivity index (χ1v) is 28.3. The van der Waals surface area contributed by atoms with Crippen molar-refractivity contribution in [2.24, 2.45) is 5.73 Å². The van der Waals surface area contributed by atoms with Gasteiger partial charge in [-0.3, -0.25) is 23.5 Å². The van der Waals surface area contributed by atoms with Crippen LogP contribution in [0.25, 0.3) is 5.69 Å². The molecule has 1 aromatic heterocycles. The Morgan fingerprint density at radius 1 is 0.770 bits per heavy atom. The average molecular weight is 1070 g/mol. The molecule has 4 N–H and O–H groups in total. The van der Waals surface area contributed by atoms with Gasteiger partial charge in [0.15, 0.2) is 0 Å². The molecule has 4 unspecified atom stereocenters. The topological polar surface area (TPSA) is 205 Å². The molecule has 18 nitrogen and oxygen atoms in total. The minimum Gasteiger partial charge on any atom is -0.379 e. The highest BCUT2D eigenvalue weighted by Gasteiger charge is 2.28. The number of hydrogen-bond acceptors (Lipinski definition) is 13. The van der Waals surface area contributed by atoms with E-state index in [9.17, 15) is 23.4 Å². The van der Waals surface area contributed by atoms with Crippen molar-refractivity contribution in [2.75, 3.05) is 124 Å². The Balaban J connectivity index is 0.698. The Labute approximate surface area is 441 Å². The van der Waals surface area contributed by atoms with E-state index in [-0.39, 0.29) is 36.2 Å². The Bertz CT molecular complexity index is 2200. The number of carbonyl (C=O) groups excluding carboxylic acids is 4. The molecule has 2 fully saturated rings. The molecule has 4 heterocycles. The maximum Gasteiger partial charge on any atom is 0.312 e. The van der Waals surface area contributed by atoms with E-state index < -0.39 is 22.6 Å².